The van der Waals surface area contributed by atoms with E-state index < -0.39 is 0 Å². The summed E-state index contributed by atoms with van der Waals surface area (Å²) < 4.78 is 2.00. The van der Waals surface area contributed by atoms with Gasteiger partial charge in [0, 0.05) is 17.8 Å². The Bertz CT molecular complexity index is 561. The van der Waals surface area contributed by atoms with Gasteiger partial charge < -0.3 is 0 Å². The lowest BCUT2D eigenvalue weighted by Crippen LogP contribution is -2.09. The maximum atomic E-state index is 6.38. The molecule has 1 saturated carbocycles. The van der Waals surface area contributed by atoms with Gasteiger partial charge in [0.2, 0.25) is 0 Å². The van der Waals surface area contributed by atoms with Gasteiger partial charge in [-0.05, 0) is 31.2 Å². The van der Waals surface area contributed by atoms with E-state index in [9.17, 15) is 0 Å². The fourth-order valence-electron chi connectivity index (χ4n) is 3.29. The van der Waals surface area contributed by atoms with Crippen LogP contribution in [0.1, 0.15) is 37.8 Å². The summed E-state index contributed by atoms with van der Waals surface area (Å²) in [5, 5.41) is 6.38. The molecule has 1 heterocycles. The second-order valence-corrected chi connectivity index (χ2v) is 6.39. The van der Waals surface area contributed by atoms with Gasteiger partial charge >= 0.3 is 0 Å². The summed E-state index contributed by atoms with van der Waals surface area (Å²) in [6, 6.07) is 8.51. The summed E-state index contributed by atoms with van der Waals surface area (Å²) in [5.41, 5.74) is 2.47. The van der Waals surface area contributed by atoms with Crippen LogP contribution in [0.2, 0.25) is 0 Å². The normalized spacial score (nSPS) is 24.5. The molecule has 1 aliphatic carbocycles. The molecule has 0 N–H and O–H groups in total. The van der Waals surface area contributed by atoms with Crippen molar-refractivity contribution in [2.75, 3.05) is 0 Å². The number of hydrogen-bond donors (Lipinski definition) is 0. The van der Waals surface area contributed by atoms with Crippen molar-refractivity contribution < 1.29 is 0 Å². The van der Waals surface area contributed by atoms with E-state index in [1.165, 1.54) is 42.3 Å². The molecule has 1 aliphatic rings. The van der Waals surface area contributed by atoms with Gasteiger partial charge in [0.1, 0.15) is 0 Å². The second kappa shape index (κ2) is 5.54. The van der Waals surface area contributed by atoms with Crippen LogP contribution in [-0.4, -0.2) is 15.2 Å². The maximum absolute atomic E-state index is 6.38. The lowest BCUT2D eigenvalue weighted by Gasteiger charge is -2.14. The highest BCUT2D eigenvalue weighted by Gasteiger charge is 2.21. The van der Waals surface area contributed by atoms with Crippen LogP contribution >= 0.6 is 11.6 Å². The number of alkyl halides is 1. The number of fused-ring (bicyclic) bond motifs is 1. The molecule has 3 heteroatoms. The third-order valence-electron chi connectivity index (χ3n) is 4.29. The van der Waals surface area contributed by atoms with Crippen LogP contribution in [0.4, 0.5) is 0 Å². The van der Waals surface area contributed by atoms with Crippen molar-refractivity contribution in [3.05, 3.63) is 30.0 Å². The van der Waals surface area contributed by atoms with Crippen molar-refractivity contribution in [1.82, 2.24) is 9.78 Å². The Balaban J connectivity index is 1.84. The van der Waals surface area contributed by atoms with E-state index in [2.05, 4.69) is 24.3 Å². The predicted octanol–water partition coefficient (Wildman–Crippen LogP) is 4.30. The summed E-state index contributed by atoms with van der Waals surface area (Å²) in [7, 11) is 2.03. The molecule has 2 aromatic rings. The quantitative estimate of drug-likeness (QED) is 0.591. The number of rotatable bonds is 2. The molecule has 0 saturated heterocycles. The van der Waals surface area contributed by atoms with E-state index in [0.717, 1.165) is 12.8 Å². The first-order valence-electron chi connectivity index (χ1n) is 7.28. The molecular formula is C16H21ClN2. The van der Waals surface area contributed by atoms with Gasteiger partial charge in [0.05, 0.1) is 11.2 Å². The molecule has 2 unspecified atom stereocenters. The lowest BCUT2D eigenvalue weighted by atomic mass is 9.94. The second-order valence-electron chi connectivity index (χ2n) is 5.78. The standard InChI is InChI=1S/C16H21ClN2/c1-19-16-9-5-4-8-14(16)15(18-19)11-12-6-2-3-7-13(17)10-12/h4-5,8-9,12-13H,2-3,6-7,10-11H2,1H3. The van der Waals surface area contributed by atoms with Crippen LogP contribution in [0.3, 0.4) is 0 Å². The number of para-hydroxylation sites is 1. The first-order chi connectivity index (χ1) is 9.24. The molecule has 1 aromatic heterocycles. The van der Waals surface area contributed by atoms with Crippen LogP contribution in [0.15, 0.2) is 24.3 Å². The molecule has 3 rings (SSSR count). The molecule has 0 radical (unpaired) electrons. The Kier molecular flexibility index (Phi) is 3.79. The summed E-state index contributed by atoms with van der Waals surface area (Å²) >= 11 is 6.38. The van der Waals surface area contributed by atoms with Crippen LogP contribution < -0.4 is 0 Å². The molecule has 0 amide bonds. The number of aromatic nitrogens is 2. The molecule has 0 aliphatic heterocycles. The molecule has 2 nitrogen and oxygen atoms in total. The molecule has 102 valence electrons. The SMILES string of the molecule is Cn1nc(CC2CCCCC(Cl)C2)c2ccccc21. The van der Waals surface area contributed by atoms with E-state index >= 15 is 0 Å². The molecule has 0 bridgehead atoms. The van der Waals surface area contributed by atoms with E-state index in [1.54, 1.807) is 0 Å². The van der Waals surface area contributed by atoms with E-state index in [0.29, 0.717) is 11.3 Å². The zero-order valence-electron chi connectivity index (χ0n) is 11.5. The Labute approximate surface area is 119 Å². The smallest absolute Gasteiger partial charge is 0.0706 e. The van der Waals surface area contributed by atoms with E-state index in [-0.39, 0.29) is 0 Å². The average molecular weight is 277 g/mol. The van der Waals surface area contributed by atoms with Crippen molar-refractivity contribution in [2.24, 2.45) is 13.0 Å². The Morgan fingerprint density at radius 2 is 2.05 bits per heavy atom. The van der Waals surface area contributed by atoms with Crippen LogP contribution in [-0.2, 0) is 13.5 Å². The van der Waals surface area contributed by atoms with Crippen molar-refractivity contribution in [1.29, 1.82) is 0 Å². The third kappa shape index (κ3) is 2.79. The van der Waals surface area contributed by atoms with Crippen molar-refractivity contribution in [3.63, 3.8) is 0 Å². The van der Waals surface area contributed by atoms with Crippen molar-refractivity contribution >= 4 is 22.5 Å². The maximum Gasteiger partial charge on any atom is 0.0706 e. The Morgan fingerprint density at radius 1 is 1.26 bits per heavy atom. The molecular weight excluding hydrogens is 256 g/mol. The van der Waals surface area contributed by atoms with Crippen LogP contribution in [0.25, 0.3) is 10.9 Å². The van der Waals surface area contributed by atoms with Crippen molar-refractivity contribution in [2.45, 2.75) is 43.9 Å². The fraction of sp³-hybridized carbons (Fsp3) is 0.562. The number of halogens is 1. The van der Waals surface area contributed by atoms with E-state index in [1.807, 2.05) is 11.7 Å². The fourth-order valence-corrected chi connectivity index (χ4v) is 3.70. The zero-order chi connectivity index (χ0) is 13.2. The summed E-state index contributed by atoms with van der Waals surface area (Å²) in [6.07, 6.45) is 7.30. The highest BCUT2D eigenvalue weighted by Crippen LogP contribution is 2.30. The molecule has 1 aromatic carbocycles. The average Bonchev–Trinajstić information content (AvgIpc) is 2.58. The van der Waals surface area contributed by atoms with Gasteiger partial charge in [-0.2, -0.15) is 5.10 Å². The number of aryl methyl sites for hydroxylation is 1. The first kappa shape index (κ1) is 13.0. The lowest BCUT2D eigenvalue weighted by molar-refractivity contribution is 0.455. The Morgan fingerprint density at radius 3 is 2.95 bits per heavy atom. The molecule has 0 spiro atoms. The van der Waals surface area contributed by atoms with E-state index in [4.69, 9.17) is 16.7 Å². The van der Waals surface area contributed by atoms with Gasteiger partial charge in [0.25, 0.3) is 0 Å². The monoisotopic (exact) mass is 276 g/mol. The molecule has 2 atom stereocenters. The van der Waals surface area contributed by atoms with Crippen molar-refractivity contribution in [3.8, 4) is 0 Å². The number of nitrogens with zero attached hydrogens (tertiary/aromatic N) is 2. The topological polar surface area (TPSA) is 17.8 Å². The summed E-state index contributed by atoms with van der Waals surface area (Å²) in [4.78, 5) is 0. The van der Waals surface area contributed by atoms with Gasteiger partial charge in [-0.3, -0.25) is 4.68 Å². The first-order valence-corrected chi connectivity index (χ1v) is 7.72. The minimum atomic E-state index is 0.363. The van der Waals surface area contributed by atoms with Gasteiger partial charge in [-0.15, -0.1) is 11.6 Å². The van der Waals surface area contributed by atoms with Crippen LogP contribution in [0.5, 0.6) is 0 Å². The van der Waals surface area contributed by atoms with Gasteiger partial charge in [-0.1, -0.05) is 37.5 Å². The molecule has 1 fully saturated rings. The summed E-state index contributed by atoms with van der Waals surface area (Å²) in [6.45, 7) is 0. The van der Waals surface area contributed by atoms with Gasteiger partial charge in [0.15, 0.2) is 0 Å². The zero-order valence-corrected chi connectivity index (χ0v) is 12.2. The predicted molar refractivity (Wildman–Crippen MR) is 80.6 cm³/mol. The Hall–Kier alpha value is -1.02. The molecule has 19 heavy (non-hydrogen) atoms. The number of hydrogen-bond acceptors (Lipinski definition) is 1. The minimum Gasteiger partial charge on any atom is -0.268 e. The highest BCUT2D eigenvalue weighted by atomic mass is 35.5. The summed E-state index contributed by atoms with van der Waals surface area (Å²) in [5.74, 6) is 0.698. The van der Waals surface area contributed by atoms with Crippen LogP contribution in [0, 0.1) is 5.92 Å². The number of benzene rings is 1. The largest absolute Gasteiger partial charge is 0.268 e. The highest BCUT2D eigenvalue weighted by molar-refractivity contribution is 6.20. The van der Waals surface area contributed by atoms with Gasteiger partial charge in [-0.25, -0.2) is 0 Å². The minimum absolute atomic E-state index is 0.363. The third-order valence-corrected chi connectivity index (χ3v) is 4.68.